The highest BCUT2D eigenvalue weighted by Crippen LogP contribution is 2.16. The summed E-state index contributed by atoms with van der Waals surface area (Å²) < 4.78 is 0.897. The van der Waals surface area contributed by atoms with Crippen molar-refractivity contribution in [3.05, 3.63) is 21.8 Å². The van der Waals surface area contributed by atoms with Crippen LogP contribution in [0.15, 0.2) is 11.6 Å². The highest BCUT2D eigenvalue weighted by Gasteiger charge is 2.23. The molecule has 0 fully saturated rings. The van der Waals surface area contributed by atoms with Crippen LogP contribution in [0.5, 0.6) is 0 Å². The molecule has 0 aliphatic carbocycles. The van der Waals surface area contributed by atoms with Gasteiger partial charge in [0, 0.05) is 6.54 Å². The van der Waals surface area contributed by atoms with Gasteiger partial charge >= 0.3 is 0 Å². The minimum Gasteiger partial charge on any atom is -0.618 e. The molecule has 1 heterocycles. The molecule has 0 aromatic carbocycles. The monoisotopic (exact) mass is 214 g/mol. The van der Waals surface area contributed by atoms with Gasteiger partial charge in [0.25, 0.3) is 5.01 Å². The normalized spacial score (nSPS) is 13.4. The maximum atomic E-state index is 11.4. The maximum absolute atomic E-state index is 11.4. The fourth-order valence-electron chi connectivity index (χ4n) is 1.17. The van der Waals surface area contributed by atoms with Crippen LogP contribution in [0.1, 0.15) is 24.5 Å². The minimum absolute atomic E-state index is 0.104. The molecule has 0 N–H and O–H groups in total. The van der Waals surface area contributed by atoms with Crippen LogP contribution in [0, 0.1) is 5.21 Å². The van der Waals surface area contributed by atoms with E-state index in [0.717, 1.165) is 22.7 Å². The van der Waals surface area contributed by atoms with Crippen LogP contribution < -0.4 is 10.0 Å². The van der Waals surface area contributed by atoms with Gasteiger partial charge in [0.05, 0.1) is 5.38 Å². The van der Waals surface area contributed by atoms with E-state index in [1.54, 1.807) is 5.38 Å². The topological polar surface area (TPSA) is 44.3 Å². The molecule has 1 aromatic rings. The van der Waals surface area contributed by atoms with Crippen molar-refractivity contribution < 1.29 is 4.73 Å². The summed E-state index contributed by atoms with van der Waals surface area (Å²) in [5.41, 5.74) is 0. The van der Waals surface area contributed by atoms with Crippen LogP contribution in [0.3, 0.4) is 0 Å². The van der Waals surface area contributed by atoms with E-state index in [1.807, 2.05) is 19.0 Å². The Hall–Kier alpha value is -0.650. The fraction of sp³-hybridized carbons (Fsp3) is 0.667. The Labute approximate surface area is 88.7 Å². The van der Waals surface area contributed by atoms with Crippen molar-refractivity contribution >= 4 is 11.3 Å². The molecule has 0 aliphatic heterocycles. The van der Waals surface area contributed by atoms with Crippen molar-refractivity contribution in [2.24, 2.45) is 0 Å². The Morgan fingerprint density at radius 2 is 2.36 bits per heavy atom. The second kappa shape index (κ2) is 5.29. The molecule has 0 saturated heterocycles. The summed E-state index contributed by atoms with van der Waals surface area (Å²) in [5.74, 6) is 0. The Morgan fingerprint density at radius 3 is 2.79 bits per heavy atom. The molecule has 1 aromatic heterocycles. The van der Waals surface area contributed by atoms with Crippen LogP contribution in [-0.2, 0) is 0 Å². The Balaban J connectivity index is 2.73. The second-order valence-corrected chi connectivity index (χ2v) is 4.24. The first-order valence-electron chi connectivity index (χ1n) is 4.66. The summed E-state index contributed by atoms with van der Waals surface area (Å²) in [4.78, 5) is 1.95. The van der Waals surface area contributed by atoms with Gasteiger partial charge in [0.15, 0.2) is 12.4 Å². The van der Waals surface area contributed by atoms with Gasteiger partial charge in [-0.05, 0) is 20.5 Å². The molecule has 1 radical (unpaired) electrons. The molecule has 1 unspecified atom stereocenters. The number of nitrogens with zero attached hydrogens (tertiary/aromatic N) is 3. The molecule has 0 spiro atoms. The molecule has 0 amide bonds. The summed E-state index contributed by atoms with van der Waals surface area (Å²) >= 11 is 1.45. The lowest BCUT2D eigenvalue weighted by Gasteiger charge is -2.20. The van der Waals surface area contributed by atoms with Gasteiger partial charge in [-0.15, -0.1) is 0 Å². The zero-order valence-corrected chi connectivity index (χ0v) is 9.62. The lowest BCUT2D eigenvalue weighted by molar-refractivity contribution is -0.611. The van der Waals surface area contributed by atoms with E-state index in [4.69, 9.17) is 0 Å². The third-order valence-electron chi connectivity index (χ3n) is 1.84. The highest BCUT2D eigenvalue weighted by molar-refractivity contribution is 7.09. The minimum atomic E-state index is -0.104. The Bertz CT molecular complexity index is 275. The van der Waals surface area contributed by atoms with Crippen molar-refractivity contribution in [3.8, 4) is 0 Å². The van der Waals surface area contributed by atoms with Gasteiger partial charge < -0.3 is 5.21 Å². The molecular formula is C9H16N3OS. The first-order chi connectivity index (χ1) is 6.66. The number of hydrogen-bond acceptors (Lipinski definition) is 3. The third kappa shape index (κ3) is 2.67. The summed E-state index contributed by atoms with van der Waals surface area (Å²) in [7, 11) is 3.87. The van der Waals surface area contributed by atoms with Crippen LogP contribution in [0.25, 0.3) is 0 Å². The molecule has 4 nitrogen and oxygen atoms in total. The largest absolute Gasteiger partial charge is 0.618 e. The zero-order chi connectivity index (χ0) is 10.6. The van der Waals surface area contributed by atoms with Gasteiger partial charge in [-0.25, -0.2) is 5.32 Å². The first kappa shape index (κ1) is 11.4. The van der Waals surface area contributed by atoms with Crippen molar-refractivity contribution in [3.63, 3.8) is 0 Å². The smallest absolute Gasteiger partial charge is 0.282 e. The number of rotatable bonds is 5. The molecule has 14 heavy (non-hydrogen) atoms. The molecule has 0 bridgehead atoms. The maximum Gasteiger partial charge on any atom is 0.282 e. The van der Waals surface area contributed by atoms with Crippen molar-refractivity contribution in [2.75, 3.05) is 20.6 Å². The van der Waals surface area contributed by atoms with E-state index in [1.165, 1.54) is 17.5 Å². The van der Waals surface area contributed by atoms with Crippen LogP contribution >= 0.6 is 11.3 Å². The van der Waals surface area contributed by atoms with E-state index >= 15 is 0 Å². The summed E-state index contributed by atoms with van der Waals surface area (Å²) in [6.07, 6.45) is 2.43. The number of aromatic nitrogens is 1. The predicted molar refractivity (Wildman–Crippen MR) is 57.0 cm³/mol. The summed E-state index contributed by atoms with van der Waals surface area (Å²) in [6, 6.07) is 0. The van der Waals surface area contributed by atoms with Gasteiger partial charge in [0.2, 0.25) is 0 Å². The first-order valence-corrected chi connectivity index (χ1v) is 5.54. The van der Waals surface area contributed by atoms with E-state index in [2.05, 4.69) is 12.2 Å². The number of hydrogen-bond donors (Lipinski definition) is 0. The van der Waals surface area contributed by atoms with Crippen molar-refractivity contribution in [2.45, 2.75) is 19.5 Å². The number of thiazole rings is 1. The van der Waals surface area contributed by atoms with Crippen molar-refractivity contribution in [1.29, 1.82) is 0 Å². The quantitative estimate of drug-likeness (QED) is 0.541. The molecule has 79 valence electrons. The lowest BCUT2D eigenvalue weighted by Crippen LogP contribution is -2.38. The average Bonchev–Trinajstić information content (AvgIpc) is 2.52. The zero-order valence-electron chi connectivity index (χ0n) is 8.80. The van der Waals surface area contributed by atoms with Gasteiger partial charge in [-0.3, -0.25) is 4.90 Å². The Kier molecular flexibility index (Phi) is 4.31. The van der Waals surface area contributed by atoms with Crippen molar-refractivity contribution in [1.82, 2.24) is 10.2 Å². The Morgan fingerprint density at radius 1 is 1.64 bits per heavy atom. The molecule has 0 saturated carbocycles. The fourth-order valence-corrected chi connectivity index (χ4v) is 2.05. The van der Waals surface area contributed by atoms with Crippen LogP contribution in [-0.4, -0.2) is 25.5 Å². The standard InChI is InChI=1S/C9H16N3OS/c1-4-5-10-8(11(2)3)9-12(13)6-7-14-9/h6-8H,4-5H2,1-3H3. The molecule has 1 atom stereocenters. The predicted octanol–water partition coefficient (Wildman–Crippen LogP) is 0.956. The highest BCUT2D eigenvalue weighted by atomic mass is 32.1. The van der Waals surface area contributed by atoms with Crippen LogP contribution in [0.2, 0.25) is 0 Å². The summed E-state index contributed by atoms with van der Waals surface area (Å²) in [6.45, 7) is 2.87. The van der Waals surface area contributed by atoms with E-state index < -0.39 is 0 Å². The third-order valence-corrected chi connectivity index (χ3v) is 2.73. The van der Waals surface area contributed by atoms with Gasteiger partial charge in [0.1, 0.15) is 0 Å². The molecule has 0 aliphatic rings. The molecule has 5 heteroatoms. The lowest BCUT2D eigenvalue weighted by atomic mass is 10.4. The molecule has 1 rings (SSSR count). The van der Waals surface area contributed by atoms with E-state index in [-0.39, 0.29) is 6.17 Å². The SMILES string of the molecule is CCC[N]C(c1scc[n+]1[O-])N(C)C. The molecular weight excluding hydrogens is 198 g/mol. The second-order valence-electron chi connectivity index (χ2n) is 3.31. The van der Waals surface area contributed by atoms with Gasteiger partial charge in [-0.1, -0.05) is 18.3 Å². The van der Waals surface area contributed by atoms with Gasteiger partial charge in [-0.2, -0.15) is 4.73 Å². The average molecular weight is 214 g/mol. The van der Waals surface area contributed by atoms with E-state index in [0.29, 0.717) is 0 Å². The summed E-state index contributed by atoms with van der Waals surface area (Å²) in [5, 5.41) is 18.4. The van der Waals surface area contributed by atoms with Crippen LogP contribution in [0.4, 0.5) is 0 Å². The van der Waals surface area contributed by atoms with E-state index in [9.17, 15) is 5.21 Å².